The minimum Gasteiger partial charge on any atom is -0.356 e. The summed E-state index contributed by atoms with van der Waals surface area (Å²) in [7, 11) is 0.418. The largest absolute Gasteiger partial charge is 0.356 e. The number of halogens is 2. The van der Waals surface area contributed by atoms with Crippen molar-refractivity contribution in [1.82, 2.24) is 14.5 Å². The summed E-state index contributed by atoms with van der Waals surface area (Å²) in [4.78, 5) is 8.26. The molecular weight excluding hydrogens is 385 g/mol. The maximum Gasteiger partial charge on any atom is 0.147 e. The lowest BCUT2D eigenvalue weighted by Crippen LogP contribution is -2.11. The maximum absolute atomic E-state index is 6.07. The molecule has 0 N–H and O–H groups in total. The van der Waals surface area contributed by atoms with Crippen molar-refractivity contribution < 1.29 is 4.74 Å². The van der Waals surface area contributed by atoms with E-state index in [1.165, 1.54) is 6.33 Å². The van der Waals surface area contributed by atoms with Crippen molar-refractivity contribution in [3.05, 3.63) is 21.2 Å². The van der Waals surface area contributed by atoms with Gasteiger partial charge in [-0.15, -0.1) is 0 Å². The van der Waals surface area contributed by atoms with E-state index in [0.29, 0.717) is 22.8 Å². The molecular formula is C11H14ClIN3OS+. The van der Waals surface area contributed by atoms with Crippen LogP contribution in [0.5, 0.6) is 0 Å². The van der Waals surface area contributed by atoms with Crippen LogP contribution in [0.2, 0.25) is 5.15 Å². The minimum absolute atomic E-state index is 0.418. The van der Waals surface area contributed by atoms with Crippen LogP contribution in [0, 0.1) is 3.57 Å². The quantitative estimate of drug-likeness (QED) is 0.336. The Morgan fingerprint density at radius 2 is 2.22 bits per heavy atom. The summed E-state index contributed by atoms with van der Waals surface area (Å²) >= 11 is 8.31. The Kier molecular flexibility index (Phi) is 5.11. The van der Waals surface area contributed by atoms with Crippen molar-refractivity contribution in [3.8, 4) is 0 Å². The molecule has 0 saturated heterocycles. The molecule has 0 atom stereocenters. The second-order valence-electron chi connectivity index (χ2n) is 4.04. The zero-order valence-corrected chi connectivity index (χ0v) is 13.9. The number of hydrogen-bond acceptors (Lipinski definition) is 3. The SMILES string of the molecule is C[S+](C)CCOCn1cc(I)c2c(Cl)ncnc21. The average molecular weight is 399 g/mol. The zero-order chi connectivity index (χ0) is 13.1. The molecule has 0 radical (unpaired) electrons. The van der Waals surface area contributed by atoms with Gasteiger partial charge in [-0.25, -0.2) is 9.97 Å². The van der Waals surface area contributed by atoms with Gasteiger partial charge in [0.05, 0.1) is 24.5 Å². The molecule has 0 amide bonds. The lowest BCUT2D eigenvalue weighted by molar-refractivity contribution is 0.0923. The normalized spacial score (nSPS) is 11.6. The van der Waals surface area contributed by atoms with E-state index in [1.807, 2.05) is 10.8 Å². The van der Waals surface area contributed by atoms with Crippen LogP contribution < -0.4 is 0 Å². The lowest BCUT2D eigenvalue weighted by Gasteiger charge is -2.05. The van der Waals surface area contributed by atoms with Gasteiger partial charge in [-0.2, -0.15) is 0 Å². The summed E-state index contributed by atoms with van der Waals surface area (Å²) in [6.07, 6.45) is 7.89. The molecule has 0 aliphatic rings. The molecule has 2 aromatic rings. The summed E-state index contributed by atoms with van der Waals surface area (Å²) in [5.41, 5.74) is 0.825. The molecule has 98 valence electrons. The molecule has 18 heavy (non-hydrogen) atoms. The van der Waals surface area contributed by atoms with Crippen LogP contribution in [0.3, 0.4) is 0 Å². The molecule has 0 unspecified atom stereocenters. The van der Waals surface area contributed by atoms with E-state index >= 15 is 0 Å². The standard InChI is InChI=1S/C11H14ClIN3OS/c1-18(2)4-3-17-7-16-5-8(13)9-10(12)14-6-15-11(9)16/h5-6H,3-4,7H2,1-2H3/q+1. The van der Waals surface area contributed by atoms with Crippen LogP contribution in [0.4, 0.5) is 0 Å². The van der Waals surface area contributed by atoms with E-state index in [2.05, 4.69) is 45.1 Å². The Hall–Kier alpha value is -0.0500. The number of nitrogens with zero attached hydrogens (tertiary/aromatic N) is 3. The number of hydrogen-bond donors (Lipinski definition) is 0. The van der Waals surface area contributed by atoms with Crippen molar-refractivity contribution in [3.63, 3.8) is 0 Å². The highest BCUT2D eigenvalue weighted by Crippen LogP contribution is 2.26. The molecule has 0 aliphatic carbocycles. The van der Waals surface area contributed by atoms with Crippen LogP contribution >= 0.6 is 34.2 Å². The third kappa shape index (κ3) is 3.28. The predicted molar refractivity (Wildman–Crippen MR) is 85.3 cm³/mol. The monoisotopic (exact) mass is 398 g/mol. The molecule has 2 aromatic heterocycles. The fourth-order valence-corrected chi connectivity index (χ4v) is 3.20. The minimum atomic E-state index is 0.418. The molecule has 0 saturated carbocycles. The summed E-state index contributed by atoms with van der Waals surface area (Å²) in [5, 5.41) is 1.39. The van der Waals surface area contributed by atoms with Crippen molar-refractivity contribution in [2.75, 3.05) is 24.9 Å². The van der Waals surface area contributed by atoms with Crippen LogP contribution in [0.1, 0.15) is 0 Å². The molecule has 0 bridgehead atoms. The first-order valence-corrected chi connectivity index (χ1v) is 9.03. The smallest absolute Gasteiger partial charge is 0.147 e. The zero-order valence-electron chi connectivity index (χ0n) is 10.2. The summed E-state index contributed by atoms with van der Waals surface area (Å²) in [6.45, 7) is 1.27. The number of rotatable bonds is 5. The number of fused-ring (bicyclic) bond motifs is 1. The van der Waals surface area contributed by atoms with Gasteiger partial charge in [-0.1, -0.05) is 11.6 Å². The fraction of sp³-hybridized carbons (Fsp3) is 0.455. The van der Waals surface area contributed by atoms with E-state index in [1.54, 1.807) is 0 Å². The average Bonchev–Trinajstić information content (AvgIpc) is 2.63. The topological polar surface area (TPSA) is 39.9 Å². The lowest BCUT2D eigenvalue weighted by atomic mass is 10.4. The summed E-state index contributed by atoms with van der Waals surface area (Å²) in [6, 6.07) is 0. The summed E-state index contributed by atoms with van der Waals surface area (Å²) < 4.78 is 8.67. The maximum atomic E-state index is 6.07. The molecule has 4 nitrogen and oxygen atoms in total. The highest BCUT2D eigenvalue weighted by Gasteiger charge is 2.12. The Morgan fingerprint density at radius 1 is 1.44 bits per heavy atom. The van der Waals surface area contributed by atoms with E-state index < -0.39 is 0 Å². The summed E-state index contributed by atoms with van der Waals surface area (Å²) in [5.74, 6) is 1.09. The Balaban J connectivity index is 2.12. The molecule has 0 aliphatic heterocycles. The highest BCUT2D eigenvalue weighted by molar-refractivity contribution is 14.1. The van der Waals surface area contributed by atoms with Gasteiger partial charge in [-0.05, 0) is 33.5 Å². The van der Waals surface area contributed by atoms with Gasteiger partial charge in [0.15, 0.2) is 0 Å². The Bertz CT molecular complexity index is 546. The van der Waals surface area contributed by atoms with Crippen LogP contribution in [-0.2, 0) is 22.4 Å². The molecule has 0 fully saturated rings. The van der Waals surface area contributed by atoms with Crippen LogP contribution in [-0.4, -0.2) is 39.4 Å². The highest BCUT2D eigenvalue weighted by atomic mass is 127. The first kappa shape index (κ1) is 14.4. The second kappa shape index (κ2) is 6.40. The van der Waals surface area contributed by atoms with Gasteiger partial charge < -0.3 is 9.30 Å². The van der Waals surface area contributed by atoms with E-state index in [0.717, 1.165) is 27.0 Å². The van der Waals surface area contributed by atoms with Gasteiger partial charge in [-0.3, -0.25) is 0 Å². The van der Waals surface area contributed by atoms with Gasteiger partial charge in [0.2, 0.25) is 0 Å². The number of ether oxygens (including phenoxy) is 1. The molecule has 0 spiro atoms. The fourth-order valence-electron chi connectivity index (χ4n) is 1.53. The van der Waals surface area contributed by atoms with E-state index in [-0.39, 0.29) is 0 Å². The molecule has 7 heteroatoms. The Labute approximate surface area is 128 Å². The van der Waals surface area contributed by atoms with E-state index in [9.17, 15) is 0 Å². The predicted octanol–water partition coefficient (Wildman–Crippen LogP) is 2.54. The van der Waals surface area contributed by atoms with Crippen molar-refractivity contribution in [2.45, 2.75) is 6.73 Å². The third-order valence-corrected chi connectivity index (χ3v) is 4.51. The molecule has 2 rings (SSSR count). The van der Waals surface area contributed by atoms with Crippen molar-refractivity contribution in [2.24, 2.45) is 0 Å². The van der Waals surface area contributed by atoms with Gasteiger partial charge in [0.25, 0.3) is 0 Å². The van der Waals surface area contributed by atoms with Gasteiger partial charge >= 0.3 is 0 Å². The van der Waals surface area contributed by atoms with E-state index in [4.69, 9.17) is 16.3 Å². The first-order chi connectivity index (χ1) is 8.59. The first-order valence-electron chi connectivity index (χ1n) is 5.36. The van der Waals surface area contributed by atoms with Crippen LogP contribution in [0.25, 0.3) is 11.0 Å². The van der Waals surface area contributed by atoms with Crippen LogP contribution in [0.15, 0.2) is 12.5 Å². The number of aromatic nitrogens is 3. The van der Waals surface area contributed by atoms with Crippen molar-refractivity contribution in [1.29, 1.82) is 0 Å². The molecule has 0 aromatic carbocycles. The second-order valence-corrected chi connectivity index (χ2v) is 7.94. The molecule has 2 heterocycles. The van der Waals surface area contributed by atoms with Gasteiger partial charge in [0.1, 0.15) is 29.6 Å². The van der Waals surface area contributed by atoms with Crippen molar-refractivity contribution >= 4 is 56.1 Å². The Morgan fingerprint density at radius 3 is 2.94 bits per heavy atom. The van der Waals surface area contributed by atoms with Gasteiger partial charge in [0, 0.05) is 9.77 Å². The third-order valence-electron chi connectivity index (χ3n) is 2.43.